The molecule has 1 aromatic heterocycles. The number of rotatable bonds is 6. The van der Waals surface area contributed by atoms with E-state index in [1.165, 1.54) is 0 Å². The molecule has 5 heteroatoms. The van der Waals surface area contributed by atoms with Crippen LogP contribution in [0.1, 0.15) is 25.3 Å². The van der Waals surface area contributed by atoms with Crippen LogP contribution in [0.15, 0.2) is 23.3 Å². The zero-order valence-electron chi connectivity index (χ0n) is 13.3. The summed E-state index contributed by atoms with van der Waals surface area (Å²) in [6.07, 6.45) is 3.92. The Morgan fingerprint density at radius 2 is 1.95 bits per heavy atom. The quantitative estimate of drug-likeness (QED) is 0.454. The Hall–Kier alpha value is -1.78. The van der Waals surface area contributed by atoms with E-state index in [2.05, 4.69) is 16.9 Å². The van der Waals surface area contributed by atoms with Crippen molar-refractivity contribution in [1.29, 1.82) is 0 Å². The maximum Gasteiger partial charge on any atom is 0.218 e. The number of hydrogen-bond donors (Lipinski definition) is 0. The van der Waals surface area contributed by atoms with E-state index in [1.807, 2.05) is 50.1 Å². The summed E-state index contributed by atoms with van der Waals surface area (Å²) in [6, 6.07) is 3.93. The minimum absolute atomic E-state index is 0.570. The summed E-state index contributed by atoms with van der Waals surface area (Å²) in [4.78, 5) is 12.9. The fourth-order valence-corrected chi connectivity index (χ4v) is 1.83. The third-order valence-corrected chi connectivity index (χ3v) is 2.78. The van der Waals surface area contributed by atoms with Crippen LogP contribution in [0.25, 0.3) is 0 Å². The molecule has 0 saturated carbocycles. The fourth-order valence-electron chi connectivity index (χ4n) is 1.83. The van der Waals surface area contributed by atoms with Gasteiger partial charge in [0.25, 0.3) is 0 Å². The van der Waals surface area contributed by atoms with Gasteiger partial charge in [-0.15, -0.1) is 0 Å². The zero-order chi connectivity index (χ0) is 15.0. The zero-order valence-corrected chi connectivity index (χ0v) is 13.3. The molecule has 0 fully saturated rings. The summed E-state index contributed by atoms with van der Waals surface area (Å²) in [5.74, 6) is 1.62. The summed E-state index contributed by atoms with van der Waals surface area (Å²) in [5.41, 5.74) is 1.02. The lowest BCUT2D eigenvalue weighted by molar-refractivity contribution is 0.294. The molecular weight excluding hydrogens is 252 g/mol. The lowest BCUT2D eigenvalue weighted by atomic mass is 10.2. The van der Waals surface area contributed by atoms with Crippen molar-refractivity contribution < 1.29 is 4.74 Å². The number of unbranched alkanes of at least 4 members (excludes halogenated alkanes) is 1. The minimum Gasteiger partial charge on any atom is -0.477 e. The van der Waals surface area contributed by atoms with Gasteiger partial charge in [0.2, 0.25) is 5.88 Å². The average molecular weight is 278 g/mol. The molecule has 0 amide bonds. The summed E-state index contributed by atoms with van der Waals surface area (Å²) in [5, 5.41) is 0. The second-order valence-corrected chi connectivity index (χ2v) is 5.07. The van der Waals surface area contributed by atoms with Gasteiger partial charge in [-0.2, -0.15) is 0 Å². The summed E-state index contributed by atoms with van der Waals surface area (Å²) >= 11 is 0. The molecule has 1 heterocycles. The summed E-state index contributed by atoms with van der Waals surface area (Å²) in [7, 11) is 7.95. The molecule has 0 N–H and O–H groups in total. The van der Waals surface area contributed by atoms with Gasteiger partial charge in [-0.25, -0.2) is 9.98 Å². The van der Waals surface area contributed by atoms with Gasteiger partial charge in [-0.3, -0.25) is 0 Å². The molecule has 112 valence electrons. The highest BCUT2D eigenvalue weighted by molar-refractivity contribution is 5.79. The molecule has 5 nitrogen and oxygen atoms in total. The third-order valence-electron chi connectivity index (χ3n) is 2.78. The smallest absolute Gasteiger partial charge is 0.218 e. The molecule has 0 atom stereocenters. The molecule has 0 saturated heterocycles. The van der Waals surface area contributed by atoms with E-state index < -0.39 is 0 Å². The highest BCUT2D eigenvalue weighted by atomic mass is 16.5. The first kappa shape index (κ1) is 16.3. The lowest BCUT2D eigenvalue weighted by Crippen LogP contribution is -2.35. The minimum atomic E-state index is 0.570. The van der Waals surface area contributed by atoms with Crippen LogP contribution < -0.4 is 4.74 Å². The topological polar surface area (TPSA) is 41.0 Å². The Balaban J connectivity index is 2.78. The Kier molecular flexibility index (Phi) is 6.84. The molecule has 0 aromatic carbocycles. The first-order chi connectivity index (χ1) is 9.56. The van der Waals surface area contributed by atoms with Crippen molar-refractivity contribution in [1.82, 2.24) is 14.8 Å². The molecule has 0 aliphatic carbocycles. The Labute approximate surface area is 122 Å². The van der Waals surface area contributed by atoms with Crippen LogP contribution in [0.5, 0.6) is 5.88 Å². The SMILES string of the molecule is CCCCOc1ncccc1CN=C(N(C)C)N(C)C. The molecule has 0 aliphatic heterocycles. The van der Waals surface area contributed by atoms with Crippen molar-refractivity contribution in [2.45, 2.75) is 26.3 Å². The van der Waals surface area contributed by atoms with Crippen LogP contribution in [0.2, 0.25) is 0 Å². The Morgan fingerprint density at radius 1 is 1.25 bits per heavy atom. The second-order valence-electron chi connectivity index (χ2n) is 5.07. The fraction of sp³-hybridized carbons (Fsp3) is 0.600. The molecule has 1 aromatic rings. The molecule has 0 aliphatic rings. The maximum absolute atomic E-state index is 5.72. The molecular formula is C15H26N4O. The van der Waals surface area contributed by atoms with Gasteiger partial charge in [0, 0.05) is 40.0 Å². The number of pyridine rings is 1. The van der Waals surface area contributed by atoms with Crippen LogP contribution in [0, 0.1) is 0 Å². The molecule has 1 rings (SSSR count). The number of ether oxygens (including phenoxy) is 1. The summed E-state index contributed by atoms with van der Waals surface area (Å²) in [6.45, 7) is 3.42. The molecule has 0 unspecified atom stereocenters. The van der Waals surface area contributed by atoms with Gasteiger partial charge in [0.05, 0.1) is 13.2 Å². The first-order valence-corrected chi connectivity index (χ1v) is 7.02. The van der Waals surface area contributed by atoms with E-state index in [0.717, 1.165) is 24.4 Å². The van der Waals surface area contributed by atoms with Gasteiger partial charge in [-0.1, -0.05) is 19.4 Å². The Bertz CT molecular complexity index is 420. The number of hydrogen-bond acceptors (Lipinski definition) is 3. The third kappa shape index (κ3) is 5.07. The van der Waals surface area contributed by atoms with E-state index in [4.69, 9.17) is 4.74 Å². The van der Waals surface area contributed by atoms with Crippen molar-refractivity contribution in [2.75, 3.05) is 34.8 Å². The van der Waals surface area contributed by atoms with E-state index in [0.29, 0.717) is 19.0 Å². The largest absolute Gasteiger partial charge is 0.477 e. The van der Waals surface area contributed by atoms with Gasteiger partial charge in [0.15, 0.2) is 5.96 Å². The highest BCUT2D eigenvalue weighted by Gasteiger charge is 2.07. The van der Waals surface area contributed by atoms with E-state index in [-0.39, 0.29) is 0 Å². The van der Waals surface area contributed by atoms with Crippen LogP contribution in [-0.4, -0.2) is 55.5 Å². The van der Waals surface area contributed by atoms with Gasteiger partial charge in [-0.05, 0) is 12.5 Å². The first-order valence-electron chi connectivity index (χ1n) is 7.02. The van der Waals surface area contributed by atoms with Crippen molar-refractivity contribution in [3.05, 3.63) is 23.9 Å². The van der Waals surface area contributed by atoms with Crippen molar-refractivity contribution in [2.24, 2.45) is 4.99 Å². The molecule has 0 spiro atoms. The van der Waals surface area contributed by atoms with Crippen molar-refractivity contribution in [3.8, 4) is 5.88 Å². The van der Waals surface area contributed by atoms with Crippen molar-refractivity contribution >= 4 is 5.96 Å². The lowest BCUT2D eigenvalue weighted by Gasteiger charge is -2.22. The van der Waals surface area contributed by atoms with E-state index in [9.17, 15) is 0 Å². The number of nitrogens with zero attached hydrogens (tertiary/aromatic N) is 4. The monoisotopic (exact) mass is 278 g/mol. The number of aromatic nitrogens is 1. The molecule has 20 heavy (non-hydrogen) atoms. The van der Waals surface area contributed by atoms with Crippen LogP contribution in [0.3, 0.4) is 0 Å². The van der Waals surface area contributed by atoms with E-state index >= 15 is 0 Å². The predicted octanol–water partition coefficient (Wildman–Crippen LogP) is 2.24. The molecule has 0 radical (unpaired) electrons. The van der Waals surface area contributed by atoms with Gasteiger partial charge < -0.3 is 14.5 Å². The Morgan fingerprint density at radius 3 is 2.55 bits per heavy atom. The van der Waals surface area contributed by atoms with Crippen molar-refractivity contribution in [3.63, 3.8) is 0 Å². The highest BCUT2D eigenvalue weighted by Crippen LogP contribution is 2.16. The van der Waals surface area contributed by atoms with Crippen LogP contribution >= 0.6 is 0 Å². The standard InChI is InChI=1S/C15H26N4O/c1-6-7-11-20-14-13(9-8-10-16-14)12-17-15(18(2)3)19(4)5/h8-10H,6-7,11-12H2,1-5H3. The van der Waals surface area contributed by atoms with Crippen LogP contribution in [-0.2, 0) is 6.54 Å². The number of guanidine groups is 1. The van der Waals surface area contributed by atoms with E-state index in [1.54, 1.807) is 6.20 Å². The normalized spacial score (nSPS) is 10.1. The van der Waals surface area contributed by atoms with Gasteiger partial charge >= 0.3 is 0 Å². The number of aliphatic imine (C=N–C) groups is 1. The summed E-state index contributed by atoms with van der Waals surface area (Å²) < 4.78 is 5.72. The van der Waals surface area contributed by atoms with Gasteiger partial charge in [0.1, 0.15) is 0 Å². The second kappa shape index (κ2) is 8.40. The average Bonchev–Trinajstić information content (AvgIpc) is 2.40. The molecule has 0 bridgehead atoms. The maximum atomic E-state index is 5.72. The van der Waals surface area contributed by atoms with Crippen LogP contribution in [0.4, 0.5) is 0 Å². The predicted molar refractivity (Wildman–Crippen MR) is 83.2 cm³/mol.